The van der Waals surface area contributed by atoms with Crippen molar-refractivity contribution >= 4 is 18.3 Å². The number of aromatic nitrogens is 3. The van der Waals surface area contributed by atoms with Crippen molar-refractivity contribution in [2.24, 2.45) is 0 Å². The zero-order valence-corrected chi connectivity index (χ0v) is 14.2. The van der Waals surface area contributed by atoms with Crippen LogP contribution in [0.4, 0.5) is 0 Å². The first-order valence-corrected chi connectivity index (χ1v) is 7.63. The Kier molecular flexibility index (Phi) is 5.74. The molecule has 6 nitrogen and oxygen atoms in total. The molecule has 2 aromatic rings. The van der Waals surface area contributed by atoms with Gasteiger partial charge in [0, 0.05) is 25.7 Å². The minimum Gasteiger partial charge on any atom is -0.340 e. The highest BCUT2D eigenvalue weighted by atomic mass is 35.5. The van der Waals surface area contributed by atoms with Gasteiger partial charge in [-0.2, -0.15) is 0 Å². The van der Waals surface area contributed by atoms with Crippen molar-refractivity contribution in [2.45, 2.75) is 26.3 Å². The molecule has 1 aromatic heterocycles. The highest BCUT2D eigenvalue weighted by Crippen LogP contribution is 2.13. The van der Waals surface area contributed by atoms with Crippen LogP contribution in [0.3, 0.4) is 0 Å². The lowest BCUT2D eigenvalue weighted by atomic mass is 10.2. The molecule has 0 spiro atoms. The molecule has 7 heteroatoms. The van der Waals surface area contributed by atoms with Crippen LogP contribution in [0.25, 0.3) is 5.69 Å². The molecule has 3 rings (SSSR count). The normalized spacial score (nSPS) is 17.7. The number of rotatable bonds is 3. The largest absolute Gasteiger partial charge is 0.340 e. The van der Waals surface area contributed by atoms with Gasteiger partial charge >= 0.3 is 0 Å². The van der Waals surface area contributed by atoms with Crippen molar-refractivity contribution in [3.05, 3.63) is 41.7 Å². The Hall–Kier alpha value is -1.92. The summed E-state index contributed by atoms with van der Waals surface area (Å²) in [7, 11) is 0. The van der Waals surface area contributed by atoms with Crippen molar-refractivity contribution in [3.8, 4) is 5.69 Å². The summed E-state index contributed by atoms with van der Waals surface area (Å²) in [6.45, 7) is 6.41. The molecule has 0 radical (unpaired) electrons. The van der Waals surface area contributed by atoms with Crippen molar-refractivity contribution in [1.82, 2.24) is 25.2 Å². The Balaban J connectivity index is 0.00000192. The lowest BCUT2D eigenvalue weighted by Gasteiger charge is -2.31. The van der Waals surface area contributed by atoms with E-state index < -0.39 is 0 Å². The number of hydrogen-bond acceptors (Lipinski definition) is 4. The summed E-state index contributed by atoms with van der Waals surface area (Å²) in [4.78, 5) is 14.3. The van der Waals surface area contributed by atoms with Gasteiger partial charge in [-0.05, 0) is 26.0 Å². The Labute approximate surface area is 142 Å². The summed E-state index contributed by atoms with van der Waals surface area (Å²) < 4.78 is 1.78. The molecular weight excluding hydrogens is 314 g/mol. The first kappa shape index (κ1) is 17.4. The van der Waals surface area contributed by atoms with E-state index in [0.717, 1.165) is 36.7 Å². The maximum absolute atomic E-state index is 12.4. The summed E-state index contributed by atoms with van der Waals surface area (Å²) in [6, 6.07) is 10.2. The topological polar surface area (TPSA) is 63.1 Å². The molecular formula is C16H22ClN5O. The van der Waals surface area contributed by atoms with E-state index in [1.807, 2.05) is 42.2 Å². The zero-order valence-electron chi connectivity index (χ0n) is 13.4. The lowest BCUT2D eigenvalue weighted by Crippen LogP contribution is -2.51. The van der Waals surface area contributed by atoms with Crippen molar-refractivity contribution in [2.75, 3.05) is 19.6 Å². The summed E-state index contributed by atoms with van der Waals surface area (Å²) in [6.07, 6.45) is 0.311. The number of carbonyl (C=O) groups excluding carboxylic acids is 1. The van der Waals surface area contributed by atoms with Gasteiger partial charge in [0.15, 0.2) is 0 Å². The fourth-order valence-electron chi connectivity index (χ4n) is 2.75. The third kappa shape index (κ3) is 3.89. The Morgan fingerprint density at radius 3 is 2.78 bits per heavy atom. The second kappa shape index (κ2) is 7.57. The van der Waals surface area contributed by atoms with Crippen LogP contribution in [0.5, 0.6) is 0 Å². The summed E-state index contributed by atoms with van der Waals surface area (Å²) >= 11 is 0. The molecule has 1 aliphatic heterocycles. The molecule has 1 unspecified atom stereocenters. The molecule has 1 fully saturated rings. The van der Waals surface area contributed by atoms with Crippen LogP contribution in [0, 0.1) is 6.92 Å². The molecule has 1 atom stereocenters. The Morgan fingerprint density at radius 2 is 2.09 bits per heavy atom. The number of piperazine rings is 1. The highest BCUT2D eigenvalue weighted by Gasteiger charge is 2.22. The molecule has 23 heavy (non-hydrogen) atoms. The molecule has 1 N–H and O–H groups in total. The van der Waals surface area contributed by atoms with Crippen molar-refractivity contribution < 1.29 is 4.79 Å². The van der Waals surface area contributed by atoms with Gasteiger partial charge in [0.05, 0.1) is 23.5 Å². The number of nitrogens with one attached hydrogen (secondary N) is 1. The number of hydrogen-bond donors (Lipinski definition) is 1. The maximum atomic E-state index is 12.4. The fraction of sp³-hybridized carbons (Fsp3) is 0.438. The van der Waals surface area contributed by atoms with Gasteiger partial charge < -0.3 is 10.2 Å². The highest BCUT2D eigenvalue weighted by molar-refractivity contribution is 5.85. The smallest absolute Gasteiger partial charge is 0.228 e. The quantitative estimate of drug-likeness (QED) is 0.920. The molecule has 1 aliphatic rings. The lowest BCUT2D eigenvalue weighted by molar-refractivity contribution is -0.131. The van der Waals surface area contributed by atoms with Gasteiger partial charge in [-0.1, -0.05) is 23.4 Å². The van der Waals surface area contributed by atoms with E-state index in [1.165, 1.54) is 0 Å². The third-order valence-electron chi connectivity index (χ3n) is 4.03. The van der Waals surface area contributed by atoms with E-state index in [-0.39, 0.29) is 18.3 Å². The molecule has 1 amide bonds. The van der Waals surface area contributed by atoms with Crippen molar-refractivity contribution in [3.63, 3.8) is 0 Å². The zero-order chi connectivity index (χ0) is 15.5. The Bertz CT molecular complexity index is 658. The van der Waals surface area contributed by atoms with E-state index in [2.05, 4.69) is 22.6 Å². The fourth-order valence-corrected chi connectivity index (χ4v) is 2.75. The van der Waals surface area contributed by atoms with Gasteiger partial charge in [-0.15, -0.1) is 17.5 Å². The van der Waals surface area contributed by atoms with Crippen LogP contribution < -0.4 is 5.32 Å². The minimum absolute atomic E-state index is 0. The van der Waals surface area contributed by atoms with E-state index in [4.69, 9.17) is 0 Å². The van der Waals surface area contributed by atoms with Crippen LogP contribution in [0.1, 0.15) is 18.3 Å². The number of halogens is 1. The summed E-state index contributed by atoms with van der Waals surface area (Å²) in [5, 5.41) is 11.7. The third-order valence-corrected chi connectivity index (χ3v) is 4.03. The van der Waals surface area contributed by atoms with Gasteiger partial charge in [-0.3, -0.25) is 4.79 Å². The van der Waals surface area contributed by atoms with Crippen LogP contribution >= 0.6 is 12.4 Å². The average Bonchev–Trinajstić information content (AvgIpc) is 2.89. The second-order valence-electron chi connectivity index (χ2n) is 5.74. The Morgan fingerprint density at radius 1 is 1.35 bits per heavy atom. The van der Waals surface area contributed by atoms with E-state index in [0.29, 0.717) is 12.5 Å². The predicted octanol–water partition coefficient (Wildman–Crippen LogP) is 1.36. The van der Waals surface area contributed by atoms with Gasteiger partial charge in [0.2, 0.25) is 5.91 Å². The van der Waals surface area contributed by atoms with Gasteiger partial charge in [0.1, 0.15) is 0 Å². The molecule has 1 saturated heterocycles. The SMILES string of the molecule is Cc1c(CC(=O)N2CCNC(C)C2)nnn1-c1ccccc1.Cl. The predicted molar refractivity (Wildman–Crippen MR) is 91.1 cm³/mol. The average molecular weight is 336 g/mol. The van der Waals surface area contributed by atoms with E-state index >= 15 is 0 Å². The number of para-hydroxylation sites is 1. The van der Waals surface area contributed by atoms with Gasteiger partial charge in [0.25, 0.3) is 0 Å². The first-order valence-electron chi connectivity index (χ1n) is 7.63. The summed E-state index contributed by atoms with van der Waals surface area (Å²) in [5.74, 6) is 0.122. The number of benzene rings is 1. The van der Waals surface area contributed by atoms with Crippen molar-refractivity contribution in [1.29, 1.82) is 0 Å². The van der Waals surface area contributed by atoms with E-state index in [9.17, 15) is 4.79 Å². The monoisotopic (exact) mass is 335 g/mol. The van der Waals surface area contributed by atoms with Crippen LogP contribution in [0.2, 0.25) is 0 Å². The second-order valence-corrected chi connectivity index (χ2v) is 5.74. The standard InChI is InChI=1S/C16H21N5O.ClH/c1-12-11-20(9-8-17-12)16(22)10-15-13(2)21(19-18-15)14-6-4-3-5-7-14;/h3-7,12,17H,8-11H2,1-2H3;1H. The van der Waals surface area contributed by atoms with E-state index in [1.54, 1.807) is 4.68 Å². The van der Waals surface area contributed by atoms with Crippen LogP contribution in [-0.2, 0) is 11.2 Å². The van der Waals surface area contributed by atoms with Crippen LogP contribution in [-0.4, -0.2) is 51.5 Å². The van der Waals surface area contributed by atoms with Gasteiger partial charge in [-0.25, -0.2) is 4.68 Å². The molecule has 1 aromatic carbocycles. The number of carbonyl (C=O) groups is 1. The summed E-state index contributed by atoms with van der Waals surface area (Å²) in [5.41, 5.74) is 2.63. The van der Waals surface area contributed by atoms with Crippen LogP contribution in [0.15, 0.2) is 30.3 Å². The number of nitrogens with zero attached hydrogens (tertiary/aromatic N) is 4. The first-order chi connectivity index (χ1) is 10.6. The molecule has 0 bridgehead atoms. The molecule has 2 heterocycles. The maximum Gasteiger partial charge on any atom is 0.228 e. The molecule has 124 valence electrons. The number of amides is 1. The minimum atomic E-state index is 0. The molecule has 0 aliphatic carbocycles. The molecule has 0 saturated carbocycles.